The average molecular weight is 1340 g/mol. The van der Waals surface area contributed by atoms with Crippen LogP contribution in [-0.4, -0.2) is 216 Å². The summed E-state index contributed by atoms with van der Waals surface area (Å²) in [6, 6.07) is 2.50. The van der Waals surface area contributed by atoms with Crippen LogP contribution in [0.4, 0.5) is 13.2 Å². The molecule has 26 heteroatoms. The summed E-state index contributed by atoms with van der Waals surface area (Å²) < 4.78 is 40.8. The molecule has 1 heterocycles. The van der Waals surface area contributed by atoms with Gasteiger partial charge in [-0.05, 0) is 112 Å². The number of aryl methyl sites for hydroxylation is 1. The van der Waals surface area contributed by atoms with E-state index >= 15 is 0 Å². The van der Waals surface area contributed by atoms with Gasteiger partial charge < -0.3 is 55.6 Å². The van der Waals surface area contributed by atoms with Gasteiger partial charge in [0.1, 0.15) is 41.8 Å². The van der Waals surface area contributed by atoms with Gasteiger partial charge in [0.25, 0.3) is 0 Å². The van der Waals surface area contributed by atoms with E-state index in [2.05, 4.69) is 21.3 Å². The third-order valence-corrected chi connectivity index (χ3v) is 18.8. The highest BCUT2D eigenvalue weighted by Gasteiger charge is 2.43. The second-order valence-corrected chi connectivity index (χ2v) is 27.7. The number of halogens is 4. The normalized spacial score (nSPS) is 24.4. The predicted molar refractivity (Wildman–Crippen MR) is 352 cm³/mol. The van der Waals surface area contributed by atoms with E-state index in [4.69, 9.17) is 11.6 Å². The number of benzene rings is 2. The predicted octanol–water partition coefficient (Wildman–Crippen LogP) is 6.10. The van der Waals surface area contributed by atoms with Crippen molar-refractivity contribution in [1.82, 2.24) is 55.6 Å². The van der Waals surface area contributed by atoms with Crippen LogP contribution in [0.15, 0.2) is 48.5 Å². The third kappa shape index (κ3) is 22.7. The number of carbonyl (C=O) groups excluding carboxylic acids is 11. The smallest absolute Gasteiger partial charge is 0.343 e. The third-order valence-electron chi connectivity index (χ3n) is 18.5. The van der Waals surface area contributed by atoms with Gasteiger partial charge in [-0.3, -0.25) is 52.7 Å². The summed E-state index contributed by atoms with van der Waals surface area (Å²) in [5.74, 6) is -8.23. The van der Waals surface area contributed by atoms with Gasteiger partial charge in [-0.2, -0.15) is 13.2 Å². The summed E-state index contributed by atoms with van der Waals surface area (Å²) in [6.07, 6.45) is 0.278. The Hall–Kier alpha value is -7.31. The fourth-order valence-corrected chi connectivity index (χ4v) is 11.7. The van der Waals surface area contributed by atoms with Crippen LogP contribution < -0.4 is 21.3 Å². The van der Waals surface area contributed by atoms with Crippen molar-refractivity contribution in [3.8, 4) is 0 Å². The van der Waals surface area contributed by atoms with Crippen LogP contribution in [0.1, 0.15) is 150 Å². The van der Waals surface area contributed by atoms with Crippen molar-refractivity contribution in [3.63, 3.8) is 0 Å². The summed E-state index contributed by atoms with van der Waals surface area (Å²) in [7, 11) is 9.81. The average Bonchev–Trinajstić information content (AvgIpc) is 0.845. The first-order valence-corrected chi connectivity index (χ1v) is 33.1. The zero-order valence-corrected chi connectivity index (χ0v) is 58.7. The number of likely N-dealkylation sites (N-methyl/N-ethyl adjacent to an activating group) is 7. The lowest BCUT2D eigenvalue weighted by atomic mass is 9.84. The Bertz CT molecular complexity index is 2960. The molecule has 22 nitrogen and oxygen atoms in total. The van der Waals surface area contributed by atoms with Crippen LogP contribution in [-0.2, 0) is 71.8 Å². The molecule has 1 aliphatic carbocycles. The molecule has 0 bridgehead atoms. The second kappa shape index (κ2) is 35.4. The molecule has 94 heavy (non-hydrogen) atoms. The molecule has 0 unspecified atom stereocenters. The van der Waals surface area contributed by atoms with E-state index in [-0.39, 0.29) is 56.3 Å². The van der Waals surface area contributed by atoms with Gasteiger partial charge >= 0.3 is 6.18 Å². The molecular weight excluding hydrogens is 1240 g/mol. The molecule has 0 radical (unpaired) electrons. The Morgan fingerprint density at radius 1 is 0.574 bits per heavy atom. The minimum Gasteiger partial charge on any atom is -0.343 e. The summed E-state index contributed by atoms with van der Waals surface area (Å²) in [5, 5.41) is 11.6. The maximum atomic E-state index is 14.8. The molecule has 8 atom stereocenters. The Kier molecular flexibility index (Phi) is 29.8. The number of nitrogens with zero attached hydrogens (tertiary/aromatic N) is 7. The van der Waals surface area contributed by atoms with Gasteiger partial charge in [0, 0.05) is 73.2 Å². The fourth-order valence-electron chi connectivity index (χ4n) is 11.6. The number of hydrogen-bond acceptors (Lipinski definition) is 11. The minimum absolute atomic E-state index is 0.0287. The van der Waals surface area contributed by atoms with E-state index in [1.54, 1.807) is 52.0 Å². The zero-order valence-electron chi connectivity index (χ0n) is 57.9. The quantitative estimate of drug-likeness (QED) is 0.178. The van der Waals surface area contributed by atoms with E-state index in [1.165, 1.54) is 85.1 Å². The summed E-state index contributed by atoms with van der Waals surface area (Å²) in [4.78, 5) is 168. The van der Waals surface area contributed by atoms with Crippen molar-refractivity contribution < 1.29 is 65.9 Å². The molecular formula is C68H103ClF3N11O11. The standard InChI is InChI=1S/C68H103ClF3N11O11/c1-17-43(6)59-65(93)79(12)39-57(86)77(10)40-58(87)82(15)54(37-47-25-30-49(69)31-26-47)64(92)78(11)38-55(84)73-50(32-27-45-23-28-48(29-24-45)68(70,71)72)60(88)74-52(34-42(4)5)63(91)83(16)67(8,9)66(94)75-51(33-41(2)3)62(90)80(13)44(7)35-56(85)81(14)53(61(89)76-59)36-46-21-19-18-20-22-46/h23-26,28-31,41-44,46,50-54,59H,17-22,27,32-40H2,1-16H3,(H,73,84)(H,74,88)(H,75,94)(H,76,89)/t43-,44+,50-,51-,52-,53-,54-,59-/m0/s1. The number of nitrogens with one attached hydrogen (secondary N) is 4. The van der Waals surface area contributed by atoms with E-state index in [0.29, 0.717) is 29.0 Å². The molecule has 1 aliphatic heterocycles. The largest absolute Gasteiger partial charge is 0.416 e. The van der Waals surface area contributed by atoms with E-state index in [9.17, 15) is 65.9 Å². The highest BCUT2D eigenvalue weighted by Crippen LogP contribution is 2.31. The van der Waals surface area contributed by atoms with E-state index < -0.39 is 150 Å². The van der Waals surface area contributed by atoms with Crippen LogP contribution in [0.3, 0.4) is 0 Å². The monoisotopic (exact) mass is 1340 g/mol. The Morgan fingerprint density at radius 3 is 1.66 bits per heavy atom. The Labute approximate surface area is 558 Å². The van der Waals surface area contributed by atoms with Gasteiger partial charge in [-0.15, -0.1) is 0 Å². The summed E-state index contributed by atoms with van der Waals surface area (Å²) in [6.45, 7) is 13.8. The minimum atomic E-state index is -4.63. The first-order valence-electron chi connectivity index (χ1n) is 32.7. The van der Waals surface area contributed by atoms with Gasteiger partial charge in [-0.25, -0.2) is 0 Å². The number of amides is 11. The highest BCUT2D eigenvalue weighted by atomic mass is 35.5. The lowest BCUT2D eigenvalue weighted by Crippen LogP contribution is -2.63. The second-order valence-electron chi connectivity index (χ2n) is 27.3. The van der Waals surface area contributed by atoms with Gasteiger partial charge in [0.15, 0.2) is 0 Å². The summed E-state index contributed by atoms with van der Waals surface area (Å²) in [5.41, 5.74) is -1.66. The lowest BCUT2D eigenvalue weighted by Gasteiger charge is -2.39. The first-order chi connectivity index (χ1) is 43.8. The molecule has 4 rings (SSSR count). The lowest BCUT2D eigenvalue weighted by molar-refractivity contribution is -0.149. The fraction of sp³-hybridized carbons (Fsp3) is 0.662. The number of alkyl halides is 3. The number of hydrogen-bond donors (Lipinski definition) is 4. The molecule has 1 saturated carbocycles. The van der Waals surface area contributed by atoms with Crippen molar-refractivity contribution in [3.05, 3.63) is 70.2 Å². The molecule has 2 aromatic rings. The van der Waals surface area contributed by atoms with Crippen molar-refractivity contribution in [2.75, 3.05) is 69.0 Å². The maximum Gasteiger partial charge on any atom is 0.416 e. The molecule has 11 amide bonds. The van der Waals surface area contributed by atoms with Crippen molar-refractivity contribution in [2.24, 2.45) is 23.7 Å². The Morgan fingerprint density at radius 2 is 1.11 bits per heavy atom. The van der Waals surface area contributed by atoms with Crippen molar-refractivity contribution >= 4 is 76.6 Å². The van der Waals surface area contributed by atoms with Crippen LogP contribution in [0.25, 0.3) is 0 Å². The molecule has 2 aromatic carbocycles. The van der Waals surface area contributed by atoms with E-state index in [0.717, 1.165) is 68.7 Å². The van der Waals surface area contributed by atoms with Gasteiger partial charge in [0.05, 0.1) is 25.2 Å². The van der Waals surface area contributed by atoms with E-state index in [1.807, 2.05) is 20.8 Å². The zero-order chi connectivity index (χ0) is 70.9. The van der Waals surface area contributed by atoms with Gasteiger partial charge in [0.2, 0.25) is 65.0 Å². The first kappa shape index (κ1) is 79.1. The highest BCUT2D eigenvalue weighted by molar-refractivity contribution is 6.30. The molecule has 2 fully saturated rings. The number of rotatable bonds is 13. The van der Waals surface area contributed by atoms with Crippen LogP contribution in [0.2, 0.25) is 5.02 Å². The molecule has 1 saturated heterocycles. The molecule has 0 spiro atoms. The van der Waals surface area contributed by atoms with Crippen molar-refractivity contribution in [2.45, 2.75) is 200 Å². The SMILES string of the molecule is CC[C@H](C)[C@@H]1NC(=O)[C@H](CC2CCCCC2)N(C)C(=O)C[C@@H](C)N(C)C(=O)[C@H](CC(C)C)NC(=O)C(C)(C)N(C)C(=O)[C@H](CC(C)C)NC(=O)[C@H](CCc2ccc(C(F)(F)F)cc2)NC(=O)CN(C)C(=O)[C@H](Cc2ccc(Cl)cc2)N(C)C(=O)CN(C)C(=O)CN(C)C1=O. The summed E-state index contributed by atoms with van der Waals surface area (Å²) >= 11 is 6.21. The molecule has 4 N–H and O–H groups in total. The molecule has 524 valence electrons. The van der Waals surface area contributed by atoms with Crippen LogP contribution >= 0.6 is 11.6 Å². The topological polar surface area (TPSA) is 259 Å². The molecule has 2 aliphatic rings. The van der Waals surface area contributed by atoms with Crippen LogP contribution in [0, 0.1) is 23.7 Å². The van der Waals surface area contributed by atoms with Crippen molar-refractivity contribution in [1.29, 1.82) is 0 Å². The van der Waals surface area contributed by atoms with Gasteiger partial charge in [-0.1, -0.05) is 116 Å². The number of carbonyl (C=O) groups is 11. The molecule has 0 aromatic heterocycles. The maximum absolute atomic E-state index is 14.8. The Balaban J connectivity index is 1.84. The van der Waals surface area contributed by atoms with Crippen LogP contribution in [0.5, 0.6) is 0 Å².